The molecular weight excluding hydrogens is 369 g/mol. The first kappa shape index (κ1) is 25.4. The second-order valence-electron chi connectivity index (χ2n) is 8.91. The molecule has 0 N–H and O–H groups in total. The molecule has 0 saturated carbocycles. The van der Waals surface area contributed by atoms with E-state index in [4.69, 9.17) is 7.85 Å². The summed E-state index contributed by atoms with van der Waals surface area (Å²) in [6.45, 7) is 13.0. The van der Waals surface area contributed by atoms with Crippen molar-refractivity contribution in [2.45, 2.75) is 96.8 Å². The first-order chi connectivity index (χ1) is 13.1. The molecule has 0 aromatic carbocycles. The number of sulfone groups is 1. The molecule has 160 valence electrons. The Morgan fingerprint density at radius 1 is 1.32 bits per heavy atom. The van der Waals surface area contributed by atoms with Gasteiger partial charge in [0.15, 0.2) is 9.84 Å². The Hall–Kier alpha value is -0.615. The van der Waals surface area contributed by atoms with Gasteiger partial charge in [-0.3, -0.25) is 4.90 Å². The van der Waals surface area contributed by atoms with Gasteiger partial charge in [0, 0.05) is 25.0 Å². The van der Waals surface area contributed by atoms with Crippen LogP contribution in [0.2, 0.25) is 6.32 Å². The number of ketones is 1. The van der Waals surface area contributed by atoms with Crippen molar-refractivity contribution in [1.29, 1.82) is 0 Å². The first-order valence-corrected chi connectivity index (χ1v) is 12.6. The molecule has 6 heteroatoms. The zero-order valence-corrected chi connectivity index (χ0v) is 19.6. The van der Waals surface area contributed by atoms with Gasteiger partial charge in [-0.15, -0.1) is 0 Å². The number of rotatable bonds is 10. The Labute approximate surface area is 174 Å². The van der Waals surface area contributed by atoms with Crippen LogP contribution in [-0.4, -0.2) is 56.1 Å². The molecule has 1 aliphatic heterocycles. The fraction of sp³-hybridized carbons (Fsp3) is 0.864. The molecule has 0 aliphatic carbocycles. The normalized spacial score (nSPS) is 29.8. The highest BCUT2D eigenvalue weighted by molar-refractivity contribution is 7.92. The van der Waals surface area contributed by atoms with Gasteiger partial charge in [-0.2, -0.15) is 0 Å². The smallest absolute Gasteiger partial charge is 0.158 e. The van der Waals surface area contributed by atoms with E-state index < -0.39 is 14.6 Å². The molecule has 1 saturated heterocycles. The zero-order valence-electron chi connectivity index (χ0n) is 18.8. The van der Waals surface area contributed by atoms with Crippen molar-refractivity contribution in [3.05, 3.63) is 12.2 Å². The Morgan fingerprint density at radius 2 is 1.96 bits per heavy atom. The molecule has 0 amide bonds. The fourth-order valence-corrected chi connectivity index (χ4v) is 7.41. The van der Waals surface area contributed by atoms with E-state index in [0.717, 1.165) is 32.2 Å². The van der Waals surface area contributed by atoms with Crippen LogP contribution in [0, 0.1) is 11.8 Å². The number of hydrogen-bond donors (Lipinski definition) is 0. The van der Waals surface area contributed by atoms with Crippen LogP contribution in [0.4, 0.5) is 0 Å². The van der Waals surface area contributed by atoms with Gasteiger partial charge in [-0.1, -0.05) is 52.7 Å². The van der Waals surface area contributed by atoms with Crippen molar-refractivity contribution in [2.24, 2.45) is 11.8 Å². The van der Waals surface area contributed by atoms with E-state index in [0.29, 0.717) is 0 Å². The van der Waals surface area contributed by atoms with Crippen molar-refractivity contribution in [3.63, 3.8) is 0 Å². The molecule has 0 aromatic heterocycles. The SMILES string of the molecule is [B]CC(=O)CC1(C)C(C(C)C)N(C(C=CC)CC)CC(CCCC)CS1(=O)=O. The third-order valence-corrected chi connectivity index (χ3v) is 8.97. The Morgan fingerprint density at radius 3 is 2.43 bits per heavy atom. The molecule has 1 rings (SSSR count). The summed E-state index contributed by atoms with van der Waals surface area (Å²) >= 11 is 0. The molecule has 1 fully saturated rings. The average Bonchev–Trinajstić information content (AvgIpc) is 2.70. The minimum atomic E-state index is -3.47. The van der Waals surface area contributed by atoms with E-state index in [9.17, 15) is 13.2 Å². The van der Waals surface area contributed by atoms with E-state index in [1.165, 1.54) is 0 Å². The third kappa shape index (κ3) is 5.72. The number of unbranched alkanes of at least 4 members (excludes halogenated alkanes) is 1. The number of Topliss-reactive ketones (excluding diaryl/α,β-unsaturated/α-hetero) is 1. The minimum Gasteiger partial charge on any atom is -0.300 e. The molecule has 4 nitrogen and oxygen atoms in total. The fourth-order valence-electron chi connectivity index (χ4n) is 4.98. The van der Waals surface area contributed by atoms with Gasteiger partial charge in [-0.05, 0) is 44.8 Å². The first-order valence-electron chi connectivity index (χ1n) is 10.9. The van der Waals surface area contributed by atoms with Crippen molar-refractivity contribution in [3.8, 4) is 0 Å². The summed E-state index contributed by atoms with van der Waals surface area (Å²) < 4.78 is 26.2. The largest absolute Gasteiger partial charge is 0.300 e. The molecule has 28 heavy (non-hydrogen) atoms. The Balaban J connectivity index is 3.58. The lowest BCUT2D eigenvalue weighted by Crippen LogP contribution is -2.59. The zero-order chi connectivity index (χ0) is 21.5. The molecular formula is C22H40BNO3S. The van der Waals surface area contributed by atoms with Crippen molar-refractivity contribution < 1.29 is 13.2 Å². The van der Waals surface area contributed by atoms with Crippen molar-refractivity contribution >= 4 is 23.5 Å². The van der Waals surface area contributed by atoms with E-state index in [2.05, 4.69) is 38.7 Å². The molecule has 1 aliphatic rings. The van der Waals surface area contributed by atoms with Gasteiger partial charge in [0.2, 0.25) is 0 Å². The van der Waals surface area contributed by atoms with Crippen LogP contribution in [-0.2, 0) is 14.6 Å². The maximum atomic E-state index is 13.6. The lowest BCUT2D eigenvalue weighted by atomic mass is 9.82. The lowest BCUT2D eigenvalue weighted by Gasteiger charge is -2.46. The molecule has 0 aromatic rings. The maximum absolute atomic E-state index is 13.6. The second kappa shape index (κ2) is 11.0. The van der Waals surface area contributed by atoms with Gasteiger partial charge in [0.05, 0.1) is 18.3 Å². The number of hydrogen-bond acceptors (Lipinski definition) is 4. The summed E-state index contributed by atoms with van der Waals surface area (Å²) in [5.74, 6) is 0.186. The predicted molar refractivity (Wildman–Crippen MR) is 120 cm³/mol. The van der Waals surface area contributed by atoms with E-state index in [1.54, 1.807) is 6.92 Å². The number of carbonyl (C=O) groups is 1. The van der Waals surface area contributed by atoms with Gasteiger partial charge < -0.3 is 4.79 Å². The second-order valence-corrected chi connectivity index (χ2v) is 11.4. The predicted octanol–water partition coefficient (Wildman–Crippen LogP) is 4.21. The standard InChI is InChI=1S/C22H40BNO3S/c1-7-10-12-18-15-24(19(9-3)11-8-2)21(17(4)5)22(6,13-20(25)14-23)28(26,27)16-18/h8,11,17-19,21H,7,9-10,12-16H2,1-6H3. The van der Waals surface area contributed by atoms with Gasteiger partial charge >= 0.3 is 0 Å². The van der Waals surface area contributed by atoms with Crippen molar-refractivity contribution in [2.75, 3.05) is 12.3 Å². The van der Waals surface area contributed by atoms with E-state index in [-0.39, 0.29) is 48.2 Å². The third-order valence-electron chi connectivity index (χ3n) is 6.25. The Kier molecular flexibility index (Phi) is 9.95. The number of allylic oxidation sites excluding steroid dienone is 1. The topological polar surface area (TPSA) is 54.5 Å². The van der Waals surface area contributed by atoms with Gasteiger partial charge in [0.1, 0.15) is 5.78 Å². The van der Waals surface area contributed by atoms with Crippen LogP contribution in [0.1, 0.15) is 73.6 Å². The van der Waals surface area contributed by atoms with Crippen LogP contribution >= 0.6 is 0 Å². The number of nitrogens with zero attached hydrogens (tertiary/aromatic N) is 1. The summed E-state index contributed by atoms with van der Waals surface area (Å²) in [6.07, 6.45) is 8.01. The van der Waals surface area contributed by atoms with Crippen LogP contribution in [0.25, 0.3) is 0 Å². The maximum Gasteiger partial charge on any atom is 0.158 e. The molecule has 0 bridgehead atoms. The van der Waals surface area contributed by atoms with E-state index in [1.807, 2.05) is 13.0 Å². The highest BCUT2D eigenvalue weighted by atomic mass is 32.2. The van der Waals surface area contributed by atoms with Crippen LogP contribution < -0.4 is 0 Å². The molecule has 4 atom stereocenters. The summed E-state index contributed by atoms with van der Waals surface area (Å²) in [4.78, 5) is 14.7. The monoisotopic (exact) mass is 409 g/mol. The average molecular weight is 409 g/mol. The summed E-state index contributed by atoms with van der Waals surface area (Å²) in [7, 11) is 2.12. The van der Waals surface area contributed by atoms with Crippen LogP contribution in [0.3, 0.4) is 0 Å². The van der Waals surface area contributed by atoms with Crippen LogP contribution in [0.5, 0.6) is 0 Å². The Bertz CT molecular complexity index is 632. The van der Waals surface area contributed by atoms with Crippen LogP contribution in [0.15, 0.2) is 12.2 Å². The molecule has 1 heterocycles. The number of carbonyl (C=O) groups excluding carboxylic acids is 1. The molecule has 2 radical (unpaired) electrons. The summed E-state index contributed by atoms with van der Waals surface area (Å²) in [5.41, 5.74) is 0. The summed E-state index contributed by atoms with van der Waals surface area (Å²) in [5, 5.41) is 0. The van der Waals surface area contributed by atoms with Gasteiger partial charge in [0.25, 0.3) is 0 Å². The lowest BCUT2D eigenvalue weighted by molar-refractivity contribution is -0.118. The molecule has 0 spiro atoms. The van der Waals surface area contributed by atoms with E-state index >= 15 is 0 Å². The quantitative estimate of drug-likeness (QED) is 0.401. The highest BCUT2D eigenvalue weighted by Crippen LogP contribution is 2.41. The highest BCUT2D eigenvalue weighted by Gasteiger charge is 2.54. The van der Waals surface area contributed by atoms with Crippen molar-refractivity contribution in [1.82, 2.24) is 4.90 Å². The summed E-state index contributed by atoms with van der Waals surface area (Å²) in [6, 6.07) is -0.0529. The van der Waals surface area contributed by atoms with Gasteiger partial charge in [-0.25, -0.2) is 8.42 Å². The minimum absolute atomic E-state index is 0.00203. The molecule has 4 unspecified atom stereocenters.